The number of rotatable bonds is 3. The number of nitrogens with zero attached hydrogens (tertiary/aromatic N) is 2. The smallest absolute Gasteiger partial charge is 0.233 e. The van der Waals surface area contributed by atoms with Gasteiger partial charge in [0, 0.05) is 32.2 Å². The molecule has 2 saturated heterocycles. The lowest BCUT2D eigenvalue weighted by atomic mass is 9.77. The monoisotopic (exact) mass is 434 g/mol. The topological polar surface area (TPSA) is 76.2 Å². The lowest BCUT2D eigenvalue weighted by Gasteiger charge is -2.41. The Bertz CT molecular complexity index is 917. The molecule has 1 aromatic carbocycles. The van der Waals surface area contributed by atoms with E-state index in [0.717, 1.165) is 62.3 Å². The molecule has 1 amide bonds. The largest absolute Gasteiger partial charge is 0.486 e. The van der Waals surface area contributed by atoms with Gasteiger partial charge in [0.1, 0.15) is 13.2 Å². The zero-order valence-corrected chi connectivity index (χ0v) is 18.2. The minimum atomic E-state index is -2.89. The van der Waals surface area contributed by atoms with E-state index in [-0.39, 0.29) is 17.7 Å². The summed E-state index contributed by atoms with van der Waals surface area (Å²) in [4.78, 5) is 18.0. The molecule has 1 aromatic rings. The van der Waals surface area contributed by atoms with Gasteiger partial charge in [-0.05, 0) is 37.0 Å². The van der Waals surface area contributed by atoms with Crippen molar-refractivity contribution in [2.75, 3.05) is 50.9 Å². The minimum Gasteiger partial charge on any atom is -0.486 e. The van der Waals surface area contributed by atoms with Crippen molar-refractivity contribution in [2.24, 2.45) is 0 Å². The van der Waals surface area contributed by atoms with Crippen molar-refractivity contribution >= 4 is 15.7 Å². The van der Waals surface area contributed by atoms with E-state index in [9.17, 15) is 13.2 Å². The van der Waals surface area contributed by atoms with E-state index in [2.05, 4.69) is 4.90 Å². The van der Waals surface area contributed by atoms with Crippen LogP contribution in [0.3, 0.4) is 0 Å². The highest BCUT2D eigenvalue weighted by molar-refractivity contribution is 7.91. The summed E-state index contributed by atoms with van der Waals surface area (Å²) in [5.41, 5.74) is 0.563. The molecular formula is C22H30N2O5S. The fourth-order valence-corrected chi connectivity index (χ4v) is 7.36. The van der Waals surface area contributed by atoms with Gasteiger partial charge in [-0.25, -0.2) is 8.42 Å². The van der Waals surface area contributed by atoms with Gasteiger partial charge >= 0.3 is 0 Å². The fourth-order valence-electron chi connectivity index (χ4n) is 5.60. The molecule has 1 saturated carbocycles. The number of hydrogen-bond acceptors (Lipinski definition) is 6. The molecule has 8 heteroatoms. The lowest BCUT2D eigenvalue weighted by molar-refractivity contribution is -0.139. The van der Waals surface area contributed by atoms with Crippen molar-refractivity contribution in [1.29, 1.82) is 0 Å². The van der Waals surface area contributed by atoms with Gasteiger partial charge in [0.2, 0.25) is 5.91 Å². The number of sulfone groups is 1. The van der Waals surface area contributed by atoms with E-state index in [1.165, 1.54) is 0 Å². The van der Waals surface area contributed by atoms with Crippen LogP contribution in [0.5, 0.6) is 11.5 Å². The van der Waals surface area contributed by atoms with E-state index in [1.807, 2.05) is 23.1 Å². The van der Waals surface area contributed by atoms with Crippen LogP contribution < -0.4 is 9.47 Å². The number of benzene rings is 1. The first kappa shape index (κ1) is 20.1. The first-order valence-electron chi connectivity index (χ1n) is 11.1. The third kappa shape index (κ3) is 3.58. The molecule has 0 spiro atoms. The van der Waals surface area contributed by atoms with Crippen LogP contribution in [0.4, 0.5) is 0 Å². The molecule has 3 heterocycles. The van der Waals surface area contributed by atoms with E-state index >= 15 is 0 Å². The number of carbonyl (C=O) groups excluding carboxylic acids is 1. The van der Waals surface area contributed by atoms with Crippen molar-refractivity contribution < 1.29 is 22.7 Å². The quantitative estimate of drug-likeness (QED) is 0.719. The molecule has 0 bridgehead atoms. The number of ether oxygens (including phenoxy) is 2. The molecule has 3 aliphatic heterocycles. The average Bonchev–Trinajstić information content (AvgIpc) is 3.40. The van der Waals surface area contributed by atoms with Crippen LogP contribution in [-0.2, 0) is 20.0 Å². The summed E-state index contributed by atoms with van der Waals surface area (Å²) in [6.45, 7) is 3.94. The van der Waals surface area contributed by atoms with Gasteiger partial charge in [-0.3, -0.25) is 9.69 Å². The highest BCUT2D eigenvalue weighted by Crippen LogP contribution is 2.45. The molecule has 30 heavy (non-hydrogen) atoms. The Kier molecular flexibility index (Phi) is 5.17. The van der Waals surface area contributed by atoms with Crippen LogP contribution in [0.25, 0.3) is 0 Å². The molecule has 1 atom stereocenters. The van der Waals surface area contributed by atoms with Crippen molar-refractivity contribution in [2.45, 2.75) is 43.6 Å². The number of fused-ring (bicyclic) bond motifs is 1. The predicted octanol–water partition coefficient (Wildman–Crippen LogP) is 1.60. The van der Waals surface area contributed by atoms with Gasteiger partial charge in [0.15, 0.2) is 21.3 Å². The molecule has 1 aliphatic carbocycles. The first-order chi connectivity index (χ1) is 14.5. The maximum absolute atomic E-state index is 13.8. The highest BCUT2D eigenvalue weighted by atomic mass is 32.2. The molecule has 1 unspecified atom stereocenters. The number of amides is 1. The minimum absolute atomic E-state index is 0.116. The number of hydrogen-bond donors (Lipinski definition) is 0. The fraction of sp³-hybridized carbons (Fsp3) is 0.682. The van der Waals surface area contributed by atoms with E-state index in [1.54, 1.807) is 0 Å². The zero-order chi connectivity index (χ0) is 20.8. The van der Waals surface area contributed by atoms with Gasteiger partial charge in [0.25, 0.3) is 0 Å². The van der Waals surface area contributed by atoms with Crippen LogP contribution in [0.15, 0.2) is 18.2 Å². The van der Waals surface area contributed by atoms with Crippen LogP contribution in [-0.4, -0.2) is 81.1 Å². The van der Waals surface area contributed by atoms with Gasteiger partial charge in [0.05, 0.1) is 16.9 Å². The Morgan fingerprint density at radius 2 is 1.70 bits per heavy atom. The Morgan fingerprint density at radius 1 is 1.00 bits per heavy atom. The second-order valence-corrected chi connectivity index (χ2v) is 11.3. The van der Waals surface area contributed by atoms with Crippen LogP contribution in [0, 0.1) is 0 Å². The maximum Gasteiger partial charge on any atom is 0.233 e. The molecule has 3 fully saturated rings. The van der Waals surface area contributed by atoms with E-state index in [0.29, 0.717) is 32.1 Å². The summed E-state index contributed by atoms with van der Waals surface area (Å²) in [5, 5.41) is 0. The molecular weight excluding hydrogens is 404 g/mol. The Labute approximate surface area is 178 Å². The van der Waals surface area contributed by atoms with Crippen molar-refractivity contribution in [3.05, 3.63) is 23.8 Å². The summed E-state index contributed by atoms with van der Waals surface area (Å²) in [7, 11) is -2.89. The predicted molar refractivity (Wildman–Crippen MR) is 113 cm³/mol. The van der Waals surface area contributed by atoms with Gasteiger partial charge in [-0.15, -0.1) is 0 Å². The molecule has 0 radical (unpaired) electrons. The van der Waals surface area contributed by atoms with Gasteiger partial charge in [-0.2, -0.15) is 0 Å². The zero-order valence-electron chi connectivity index (χ0n) is 17.3. The van der Waals surface area contributed by atoms with Crippen LogP contribution in [0.2, 0.25) is 0 Å². The van der Waals surface area contributed by atoms with Gasteiger partial charge in [-0.1, -0.05) is 18.9 Å². The Hall–Kier alpha value is -1.80. The summed E-state index contributed by atoms with van der Waals surface area (Å²) in [6.07, 6.45) is 4.57. The second kappa shape index (κ2) is 7.71. The third-order valence-electron chi connectivity index (χ3n) is 7.29. The lowest BCUT2D eigenvalue weighted by Crippen LogP contribution is -2.56. The molecule has 5 rings (SSSR count). The Morgan fingerprint density at radius 3 is 2.37 bits per heavy atom. The van der Waals surface area contributed by atoms with Crippen molar-refractivity contribution in [1.82, 2.24) is 9.80 Å². The van der Waals surface area contributed by atoms with Gasteiger partial charge < -0.3 is 14.4 Å². The van der Waals surface area contributed by atoms with Crippen LogP contribution in [0.1, 0.15) is 37.7 Å². The Balaban J connectivity index is 1.31. The summed E-state index contributed by atoms with van der Waals surface area (Å²) in [5.74, 6) is 2.28. The summed E-state index contributed by atoms with van der Waals surface area (Å²) >= 11 is 0. The molecule has 4 aliphatic rings. The standard InChI is InChI=1S/C22H30N2O5S/c25-21(24-10-8-23(9-11-24)18-5-14-30(26,27)16-18)22(6-1-2-7-22)17-3-4-19-20(15-17)29-13-12-28-19/h3-4,15,18H,1-2,5-14,16H2. The summed E-state index contributed by atoms with van der Waals surface area (Å²) in [6, 6.07) is 6.11. The molecule has 0 N–H and O–H groups in total. The highest BCUT2D eigenvalue weighted by Gasteiger charge is 2.46. The average molecular weight is 435 g/mol. The van der Waals surface area contributed by atoms with Crippen molar-refractivity contribution in [3.63, 3.8) is 0 Å². The first-order valence-corrected chi connectivity index (χ1v) is 12.9. The number of carbonyl (C=O) groups is 1. The van der Waals surface area contributed by atoms with E-state index < -0.39 is 15.3 Å². The number of piperazine rings is 1. The summed E-state index contributed by atoms with van der Waals surface area (Å²) < 4.78 is 35.1. The SMILES string of the molecule is O=C(N1CCN(C2CCS(=O)(=O)C2)CC1)C1(c2ccc3c(c2)OCCO3)CCCC1. The molecule has 7 nitrogen and oxygen atoms in total. The third-order valence-corrected chi connectivity index (χ3v) is 9.04. The van der Waals surface area contributed by atoms with Crippen molar-refractivity contribution in [3.8, 4) is 11.5 Å². The van der Waals surface area contributed by atoms with E-state index in [4.69, 9.17) is 9.47 Å². The molecule has 164 valence electrons. The van der Waals surface area contributed by atoms with Crippen LogP contribution >= 0.6 is 0 Å². The normalized spacial score (nSPS) is 27.9. The second-order valence-electron chi connectivity index (χ2n) is 9.03. The maximum atomic E-state index is 13.8. The molecule has 0 aromatic heterocycles.